The molecule has 1 aromatic carbocycles. The van der Waals surface area contributed by atoms with E-state index >= 15 is 0 Å². The molecule has 0 unspecified atom stereocenters. The molecule has 2 aromatic rings. The van der Waals surface area contributed by atoms with Gasteiger partial charge in [-0.15, -0.1) is 0 Å². The van der Waals surface area contributed by atoms with Crippen molar-refractivity contribution in [1.29, 1.82) is 0 Å². The van der Waals surface area contributed by atoms with Gasteiger partial charge in [-0.2, -0.15) is 0 Å². The standard InChI is InChI=1S/C16H18ClFN2O/c1-16(2,3)20-9-11-8-15(19-10-14(11)17)21-13-6-4-12(18)5-7-13/h4-8,10,20H,9H2,1-3H3. The maximum Gasteiger partial charge on any atom is 0.219 e. The summed E-state index contributed by atoms with van der Waals surface area (Å²) in [6.07, 6.45) is 1.56. The van der Waals surface area contributed by atoms with Gasteiger partial charge in [0.25, 0.3) is 0 Å². The van der Waals surface area contributed by atoms with Crippen molar-refractivity contribution in [2.45, 2.75) is 32.9 Å². The molecule has 2 rings (SSSR count). The molecule has 0 saturated heterocycles. The fourth-order valence-corrected chi connectivity index (χ4v) is 1.80. The minimum absolute atomic E-state index is 0.00935. The summed E-state index contributed by atoms with van der Waals surface area (Å²) in [5.74, 6) is 0.652. The largest absolute Gasteiger partial charge is 0.439 e. The molecule has 0 spiro atoms. The Labute approximate surface area is 129 Å². The number of halogens is 2. The number of rotatable bonds is 4. The van der Waals surface area contributed by atoms with Gasteiger partial charge in [-0.1, -0.05) is 11.6 Å². The summed E-state index contributed by atoms with van der Waals surface area (Å²) in [7, 11) is 0. The van der Waals surface area contributed by atoms with Crippen LogP contribution in [0.1, 0.15) is 26.3 Å². The van der Waals surface area contributed by atoms with Crippen LogP contribution in [-0.4, -0.2) is 10.5 Å². The van der Waals surface area contributed by atoms with Crippen molar-refractivity contribution >= 4 is 11.6 Å². The van der Waals surface area contributed by atoms with Gasteiger partial charge in [-0.05, 0) is 50.6 Å². The average Bonchev–Trinajstić information content (AvgIpc) is 2.41. The van der Waals surface area contributed by atoms with E-state index < -0.39 is 0 Å². The fourth-order valence-electron chi connectivity index (χ4n) is 1.63. The van der Waals surface area contributed by atoms with Crippen LogP contribution in [0.2, 0.25) is 5.02 Å². The summed E-state index contributed by atoms with van der Waals surface area (Å²) < 4.78 is 18.5. The molecule has 112 valence electrons. The molecule has 0 atom stereocenters. The molecule has 0 saturated carbocycles. The number of hydrogen-bond donors (Lipinski definition) is 1. The zero-order valence-electron chi connectivity index (χ0n) is 12.3. The third-order valence-electron chi connectivity index (χ3n) is 2.75. The van der Waals surface area contributed by atoms with Gasteiger partial charge in [-0.25, -0.2) is 9.37 Å². The Hall–Kier alpha value is -1.65. The van der Waals surface area contributed by atoms with Crippen molar-refractivity contribution in [3.63, 3.8) is 0 Å². The number of hydrogen-bond acceptors (Lipinski definition) is 3. The molecule has 1 aromatic heterocycles. The van der Waals surface area contributed by atoms with Gasteiger partial charge >= 0.3 is 0 Å². The molecule has 3 nitrogen and oxygen atoms in total. The van der Waals surface area contributed by atoms with Gasteiger partial charge in [0, 0.05) is 24.3 Å². The van der Waals surface area contributed by atoms with E-state index in [-0.39, 0.29) is 11.4 Å². The van der Waals surface area contributed by atoms with Crippen LogP contribution in [0.4, 0.5) is 4.39 Å². The Morgan fingerprint density at radius 3 is 2.52 bits per heavy atom. The average molecular weight is 309 g/mol. The first-order valence-electron chi connectivity index (χ1n) is 6.66. The van der Waals surface area contributed by atoms with Crippen LogP contribution in [-0.2, 0) is 6.54 Å². The number of benzene rings is 1. The number of aromatic nitrogens is 1. The normalized spacial score (nSPS) is 11.5. The predicted molar refractivity (Wildman–Crippen MR) is 82.3 cm³/mol. The van der Waals surface area contributed by atoms with Crippen LogP contribution < -0.4 is 10.1 Å². The Morgan fingerprint density at radius 1 is 1.24 bits per heavy atom. The molecule has 5 heteroatoms. The highest BCUT2D eigenvalue weighted by Crippen LogP contribution is 2.24. The monoisotopic (exact) mass is 308 g/mol. The molecule has 0 amide bonds. The smallest absolute Gasteiger partial charge is 0.219 e. The summed E-state index contributed by atoms with van der Waals surface area (Å²) in [6, 6.07) is 7.57. The molecule has 0 aliphatic carbocycles. The van der Waals surface area contributed by atoms with E-state index in [0.29, 0.717) is 23.2 Å². The van der Waals surface area contributed by atoms with Crippen molar-refractivity contribution in [3.8, 4) is 11.6 Å². The van der Waals surface area contributed by atoms with E-state index in [2.05, 4.69) is 31.1 Å². The predicted octanol–water partition coefficient (Wildman–Crippen LogP) is 4.55. The zero-order chi connectivity index (χ0) is 15.5. The summed E-state index contributed by atoms with van der Waals surface area (Å²) in [5.41, 5.74) is 0.892. The van der Waals surface area contributed by atoms with Gasteiger partial charge in [0.2, 0.25) is 5.88 Å². The minimum Gasteiger partial charge on any atom is -0.439 e. The van der Waals surface area contributed by atoms with Gasteiger partial charge < -0.3 is 10.1 Å². The van der Waals surface area contributed by atoms with E-state index in [0.717, 1.165) is 5.56 Å². The van der Waals surface area contributed by atoms with Crippen molar-refractivity contribution in [2.24, 2.45) is 0 Å². The van der Waals surface area contributed by atoms with Crippen LogP contribution in [0.5, 0.6) is 11.6 Å². The number of ether oxygens (including phenoxy) is 1. The van der Waals surface area contributed by atoms with Crippen LogP contribution in [0.25, 0.3) is 0 Å². The molecule has 0 aliphatic rings. The van der Waals surface area contributed by atoms with Gasteiger partial charge in [0.05, 0.1) is 5.02 Å². The molecule has 1 heterocycles. The van der Waals surface area contributed by atoms with Gasteiger partial charge in [0.15, 0.2) is 0 Å². The number of nitrogens with zero attached hydrogens (tertiary/aromatic N) is 1. The van der Waals surface area contributed by atoms with E-state index in [1.54, 1.807) is 24.4 Å². The van der Waals surface area contributed by atoms with E-state index in [1.165, 1.54) is 12.1 Å². The second-order valence-corrected chi connectivity index (χ2v) is 6.18. The highest BCUT2D eigenvalue weighted by Gasteiger charge is 2.11. The molecule has 1 N–H and O–H groups in total. The lowest BCUT2D eigenvalue weighted by atomic mass is 10.1. The lowest BCUT2D eigenvalue weighted by molar-refractivity contribution is 0.422. The van der Waals surface area contributed by atoms with Gasteiger partial charge in [0.1, 0.15) is 11.6 Å². The third-order valence-corrected chi connectivity index (χ3v) is 3.10. The van der Waals surface area contributed by atoms with E-state index in [9.17, 15) is 4.39 Å². The highest BCUT2D eigenvalue weighted by atomic mass is 35.5. The minimum atomic E-state index is -0.304. The van der Waals surface area contributed by atoms with Crippen molar-refractivity contribution in [3.05, 3.63) is 52.9 Å². The van der Waals surface area contributed by atoms with Crippen LogP contribution >= 0.6 is 11.6 Å². The Bertz CT molecular complexity index is 609. The van der Waals surface area contributed by atoms with Crippen molar-refractivity contribution in [2.75, 3.05) is 0 Å². The molecule has 0 fully saturated rings. The Kier molecular flexibility index (Phi) is 4.80. The first-order valence-corrected chi connectivity index (χ1v) is 7.04. The summed E-state index contributed by atoms with van der Waals surface area (Å²) >= 11 is 6.14. The quantitative estimate of drug-likeness (QED) is 0.899. The fraction of sp³-hybridized carbons (Fsp3) is 0.312. The van der Waals surface area contributed by atoms with Crippen molar-refractivity contribution < 1.29 is 9.13 Å². The summed E-state index contributed by atoms with van der Waals surface area (Å²) in [4.78, 5) is 4.13. The molecular formula is C16H18ClFN2O. The number of nitrogens with one attached hydrogen (secondary N) is 1. The maximum atomic E-state index is 12.9. The highest BCUT2D eigenvalue weighted by molar-refractivity contribution is 6.31. The second-order valence-electron chi connectivity index (χ2n) is 5.77. The molecule has 0 aliphatic heterocycles. The molecule has 21 heavy (non-hydrogen) atoms. The topological polar surface area (TPSA) is 34.1 Å². The third kappa shape index (κ3) is 4.99. The second kappa shape index (κ2) is 6.41. The summed E-state index contributed by atoms with van der Waals surface area (Å²) in [6.45, 7) is 6.86. The van der Waals surface area contributed by atoms with Crippen LogP contribution in [0.15, 0.2) is 36.5 Å². The maximum absolute atomic E-state index is 12.9. The Morgan fingerprint density at radius 2 is 1.90 bits per heavy atom. The zero-order valence-corrected chi connectivity index (χ0v) is 13.0. The molecular weight excluding hydrogens is 291 g/mol. The molecule has 0 radical (unpaired) electrons. The van der Waals surface area contributed by atoms with E-state index in [1.807, 2.05) is 0 Å². The Balaban J connectivity index is 2.12. The lowest BCUT2D eigenvalue weighted by Gasteiger charge is -2.21. The van der Waals surface area contributed by atoms with Crippen molar-refractivity contribution in [1.82, 2.24) is 10.3 Å². The number of pyridine rings is 1. The lowest BCUT2D eigenvalue weighted by Crippen LogP contribution is -2.35. The first kappa shape index (κ1) is 15.7. The molecule has 0 bridgehead atoms. The van der Waals surface area contributed by atoms with Crippen LogP contribution in [0, 0.1) is 5.82 Å². The van der Waals surface area contributed by atoms with E-state index in [4.69, 9.17) is 16.3 Å². The SMILES string of the molecule is CC(C)(C)NCc1cc(Oc2ccc(F)cc2)ncc1Cl. The first-order chi connectivity index (χ1) is 9.83. The van der Waals surface area contributed by atoms with Gasteiger partial charge in [-0.3, -0.25) is 0 Å². The van der Waals surface area contributed by atoms with Crippen LogP contribution in [0.3, 0.4) is 0 Å². The summed E-state index contributed by atoms with van der Waals surface area (Å²) in [5, 5.41) is 3.94.